The fourth-order valence-electron chi connectivity index (χ4n) is 3.01. The Morgan fingerprint density at radius 3 is 2.45 bits per heavy atom. The second-order valence-electron chi connectivity index (χ2n) is 5.75. The summed E-state index contributed by atoms with van der Waals surface area (Å²) in [6, 6.07) is 16.0. The van der Waals surface area contributed by atoms with Crippen LogP contribution in [-0.4, -0.2) is 14.7 Å². The molecule has 0 atom stereocenters. The predicted octanol–water partition coefficient (Wildman–Crippen LogP) is 4.50. The Morgan fingerprint density at radius 2 is 1.64 bits per heavy atom. The molecule has 4 rings (SSSR count). The lowest BCUT2D eigenvalue weighted by molar-refractivity contribution is 0.476. The number of hydrogen-bond acceptors (Lipinski definition) is 2. The van der Waals surface area contributed by atoms with E-state index in [0.29, 0.717) is 0 Å². The molecular formula is C19H16N2O. The zero-order chi connectivity index (χ0) is 15.3. The van der Waals surface area contributed by atoms with Crippen LogP contribution in [0.1, 0.15) is 11.1 Å². The molecule has 4 aromatic rings. The molecule has 0 spiro atoms. The number of fused-ring (bicyclic) bond motifs is 3. The van der Waals surface area contributed by atoms with E-state index in [1.165, 1.54) is 10.9 Å². The van der Waals surface area contributed by atoms with E-state index < -0.39 is 0 Å². The number of aryl methyl sites for hydroxylation is 2. The van der Waals surface area contributed by atoms with E-state index in [9.17, 15) is 5.11 Å². The molecule has 2 aromatic heterocycles. The van der Waals surface area contributed by atoms with Crippen LogP contribution >= 0.6 is 0 Å². The zero-order valence-corrected chi connectivity index (χ0v) is 12.5. The van der Waals surface area contributed by atoms with Crippen LogP contribution in [0.2, 0.25) is 0 Å². The van der Waals surface area contributed by atoms with Gasteiger partial charge in [-0.3, -0.25) is 4.57 Å². The summed E-state index contributed by atoms with van der Waals surface area (Å²) >= 11 is 0. The van der Waals surface area contributed by atoms with Crippen molar-refractivity contribution in [2.24, 2.45) is 0 Å². The van der Waals surface area contributed by atoms with Crippen molar-refractivity contribution in [2.45, 2.75) is 13.8 Å². The SMILES string of the molecule is Cc1ccnc(-n2c3ccc(C)cc3c3ccc(O)cc32)c1. The highest BCUT2D eigenvalue weighted by Crippen LogP contribution is 2.33. The molecule has 0 aliphatic heterocycles. The monoisotopic (exact) mass is 288 g/mol. The van der Waals surface area contributed by atoms with Gasteiger partial charge >= 0.3 is 0 Å². The van der Waals surface area contributed by atoms with Crippen molar-refractivity contribution in [3.05, 3.63) is 65.9 Å². The van der Waals surface area contributed by atoms with Gasteiger partial charge in [-0.05, 0) is 55.8 Å². The number of aromatic nitrogens is 2. The third-order valence-corrected chi connectivity index (χ3v) is 4.04. The molecule has 0 radical (unpaired) electrons. The lowest BCUT2D eigenvalue weighted by Gasteiger charge is -2.07. The van der Waals surface area contributed by atoms with Crippen molar-refractivity contribution in [3.63, 3.8) is 0 Å². The zero-order valence-electron chi connectivity index (χ0n) is 12.5. The highest BCUT2D eigenvalue weighted by atomic mass is 16.3. The Bertz CT molecular complexity index is 1010. The first-order valence-electron chi connectivity index (χ1n) is 7.30. The van der Waals surface area contributed by atoms with Crippen LogP contribution in [0.4, 0.5) is 0 Å². The van der Waals surface area contributed by atoms with Gasteiger partial charge in [0.15, 0.2) is 0 Å². The average Bonchev–Trinajstić information content (AvgIpc) is 2.80. The van der Waals surface area contributed by atoms with E-state index in [1.54, 1.807) is 12.1 Å². The van der Waals surface area contributed by atoms with Crippen molar-refractivity contribution >= 4 is 21.8 Å². The van der Waals surface area contributed by atoms with Gasteiger partial charge in [0.1, 0.15) is 11.6 Å². The van der Waals surface area contributed by atoms with Gasteiger partial charge in [-0.1, -0.05) is 11.6 Å². The van der Waals surface area contributed by atoms with Gasteiger partial charge in [-0.25, -0.2) is 4.98 Å². The van der Waals surface area contributed by atoms with Crippen LogP contribution in [0.15, 0.2) is 54.7 Å². The van der Waals surface area contributed by atoms with E-state index >= 15 is 0 Å². The molecule has 0 aliphatic carbocycles. The van der Waals surface area contributed by atoms with Crippen molar-refractivity contribution in [1.82, 2.24) is 9.55 Å². The maximum Gasteiger partial charge on any atom is 0.137 e. The number of phenolic OH excluding ortho intramolecular Hbond substituents is 1. The molecule has 1 N–H and O–H groups in total. The van der Waals surface area contributed by atoms with Gasteiger partial charge in [0.05, 0.1) is 11.0 Å². The molecule has 0 fully saturated rings. The third kappa shape index (κ3) is 1.86. The minimum atomic E-state index is 0.265. The summed E-state index contributed by atoms with van der Waals surface area (Å²) in [5, 5.41) is 12.2. The summed E-state index contributed by atoms with van der Waals surface area (Å²) in [6.07, 6.45) is 1.82. The molecule has 3 nitrogen and oxygen atoms in total. The fraction of sp³-hybridized carbons (Fsp3) is 0.105. The number of aromatic hydroxyl groups is 1. The van der Waals surface area contributed by atoms with Gasteiger partial charge in [-0.2, -0.15) is 0 Å². The van der Waals surface area contributed by atoms with Crippen molar-refractivity contribution < 1.29 is 5.11 Å². The first-order chi connectivity index (χ1) is 10.6. The van der Waals surface area contributed by atoms with Crippen LogP contribution in [-0.2, 0) is 0 Å². The summed E-state index contributed by atoms with van der Waals surface area (Å²) in [5.74, 6) is 1.13. The summed E-state index contributed by atoms with van der Waals surface area (Å²) in [7, 11) is 0. The Labute approximate surface area is 128 Å². The van der Waals surface area contributed by atoms with Crippen LogP contribution in [0.3, 0.4) is 0 Å². The van der Waals surface area contributed by atoms with E-state index in [-0.39, 0.29) is 5.75 Å². The number of nitrogens with zero attached hydrogens (tertiary/aromatic N) is 2. The maximum absolute atomic E-state index is 9.90. The minimum absolute atomic E-state index is 0.265. The number of pyridine rings is 1. The molecule has 0 bridgehead atoms. The highest BCUT2D eigenvalue weighted by molar-refractivity contribution is 6.09. The average molecular weight is 288 g/mol. The second kappa shape index (κ2) is 4.60. The molecule has 0 aliphatic rings. The molecule has 0 unspecified atom stereocenters. The summed E-state index contributed by atoms with van der Waals surface area (Å²) < 4.78 is 2.11. The Hall–Kier alpha value is -2.81. The highest BCUT2D eigenvalue weighted by Gasteiger charge is 2.13. The largest absolute Gasteiger partial charge is 0.508 e. The molecule has 0 saturated heterocycles. The first kappa shape index (κ1) is 12.9. The van der Waals surface area contributed by atoms with Crippen molar-refractivity contribution in [1.29, 1.82) is 0 Å². The van der Waals surface area contributed by atoms with Crippen molar-refractivity contribution in [2.75, 3.05) is 0 Å². The van der Waals surface area contributed by atoms with Crippen LogP contribution in [0, 0.1) is 13.8 Å². The fourth-order valence-corrected chi connectivity index (χ4v) is 3.01. The molecule has 2 aromatic carbocycles. The number of rotatable bonds is 1. The van der Waals surface area contributed by atoms with Gasteiger partial charge in [0.25, 0.3) is 0 Å². The smallest absolute Gasteiger partial charge is 0.137 e. The van der Waals surface area contributed by atoms with Gasteiger partial charge < -0.3 is 5.11 Å². The van der Waals surface area contributed by atoms with Crippen LogP contribution in [0.5, 0.6) is 5.75 Å². The second-order valence-corrected chi connectivity index (χ2v) is 5.75. The van der Waals surface area contributed by atoms with Crippen molar-refractivity contribution in [3.8, 4) is 11.6 Å². The molecule has 2 heterocycles. The van der Waals surface area contributed by atoms with E-state index in [2.05, 4.69) is 47.7 Å². The Kier molecular flexibility index (Phi) is 2.70. The number of benzene rings is 2. The predicted molar refractivity (Wildman–Crippen MR) is 89.7 cm³/mol. The van der Waals surface area contributed by atoms with Crippen LogP contribution in [0.25, 0.3) is 27.6 Å². The summed E-state index contributed by atoms with van der Waals surface area (Å²) in [5.41, 5.74) is 4.45. The van der Waals surface area contributed by atoms with E-state index in [4.69, 9.17) is 0 Å². The van der Waals surface area contributed by atoms with Gasteiger partial charge in [0.2, 0.25) is 0 Å². The van der Waals surface area contributed by atoms with E-state index in [1.807, 2.05) is 18.3 Å². The van der Waals surface area contributed by atoms with E-state index in [0.717, 1.165) is 27.8 Å². The number of phenols is 1. The molecule has 0 amide bonds. The Balaban J connectivity index is 2.21. The molecule has 108 valence electrons. The third-order valence-electron chi connectivity index (χ3n) is 4.04. The molecular weight excluding hydrogens is 272 g/mol. The van der Waals surface area contributed by atoms with Gasteiger partial charge in [0, 0.05) is 23.0 Å². The quantitative estimate of drug-likeness (QED) is 0.560. The normalized spacial score (nSPS) is 11.4. The number of hydrogen-bond donors (Lipinski definition) is 1. The maximum atomic E-state index is 9.90. The molecule has 0 saturated carbocycles. The standard InChI is InChI=1S/C19H16N2O/c1-12-3-6-17-16(9-12)15-5-4-14(22)11-18(15)21(17)19-10-13(2)7-8-20-19/h3-11,22H,1-2H3. The van der Waals surface area contributed by atoms with Crippen LogP contribution < -0.4 is 0 Å². The molecule has 3 heteroatoms. The lowest BCUT2D eigenvalue weighted by atomic mass is 10.1. The lowest BCUT2D eigenvalue weighted by Crippen LogP contribution is -1.97. The molecule has 22 heavy (non-hydrogen) atoms. The Morgan fingerprint density at radius 1 is 0.818 bits per heavy atom. The summed E-state index contributed by atoms with van der Waals surface area (Å²) in [6.45, 7) is 4.15. The van der Waals surface area contributed by atoms with Gasteiger partial charge in [-0.15, -0.1) is 0 Å². The summed E-state index contributed by atoms with van der Waals surface area (Å²) in [4.78, 5) is 4.52. The topological polar surface area (TPSA) is 38.0 Å². The first-order valence-corrected chi connectivity index (χ1v) is 7.30. The minimum Gasteiger partial charge on any atom is -0.508 e.